The molecule has 0 aliphatic rings. The smallest absolute Gasteiger partial charge is 0.274 e. The van der Waals surface area contributed by atoms with Crippen molar-refractivity contribution in [3.8, 4) is 0 Å². The number of benzene rings is 3. The third-order valence-corrected chi connectivity index (χ3v) is 4.30. The van der Waals surface area contributed by atoms with E-state index in [2.05, 4.69) is 0 Å². The van der Waals surface area contributed by atoms with Crippen LogP contribution in [-0.2, 0) is 17.9 Å². The Morgan fingerprint density at radius 2 is 1.46 bits per heavy atom. The minimum Gasteiger partial charge on any atom is -0.330 e. The number of nitrogens with zero attached hydrogens (tertiary/aromatic N) is 2. The van der Waals surface area contributed by atoms with E-state index in [4.69, 9.17) is 0 Å². The number of para-hydroxylation sites is 1. The molecule has 3 rings (SSSR count). The molecule has 0 radical (unpaired) electrons. The molecule has 0 saturated carbocycles. The molecule has 0 fully saturated rings. The van der Waals surface area contributed by atoms with Gasteiger partial charge in [-0.1, -0.05) is 78.9 Å². The topological polar surface area (TPSA) is 63.5 Å². The lowest BCUT2D eigenvalue weighted by Crippen LogP contribution is -2.28. The lowest BCUT2D eigenvalue weighted by Gasteiger charge is -2.21. The number of nitro groups is 1. The summed E-state index contributed by atoms with van der Waals surface area (Å²) >= 11 is 0. The minimum absolute atomic E-state index is 0.0143. The number of amides is 1. The van der Waals surface area contributed by atoms with Gasteiger partial charge in [0.05, 0.1) is 11.5 Å². The van der Waals surface area contributed by atoms with Crippen molar-refractivity contribution in [2.75, 3.05) is 0 Å². The van der Waals surface area contributed by atoms with Crippen LogP contribution in [0.25, 0.3) is 6.08 Å². The first-order valence-electron chi connectivity index (χ1n) is 8.92. The molecule has 0 unspecified atom stereocenters. The maximum absolute atomic E-state index is 12.9. The molecular formula is C23H20N2O3. The van der Waals surface area contributed by atoms with Crippen LogP contribution in [0.4, 0.5) is 5.69 Å². The van der Waals surface area contributed by atoms with Gasteiger partial charge in [-0.2, -0.15) is 0 Å². The number of hydrogen-bond donors (Lipinski definition) is 0. The molecule has 140 valence electrons. The van der Waals surface area contributed by atoms with E-state index < -0.39 is 4.92 Å². The number of rotatable bonds is 7. The van der Waals surface area contributed by atoms with Crippen LogP contribution in [0, 0.1) is 10.1 Å². The third-order valence-electron chi connectivity index (χ3n) is 4.30. The van der Waals surface area contributed by atoms with Crippen LogP contribution in [0.3, 0.4) is 0 Å². The summed E-state index contributed by atoms with van der Waals surface area (Å²) in [5, 5.41) is 11.3. The number of carbonyl (C=O) groups is 1. The second-order valence-corrected chi connectivity index (χ2v) is 6.31. The second kappa shape index (κ2) is 9.28. The predicted molar refractivity (Wildman–Crippen MR) is 109 cm³/mol. The monoisotopic (exact) mass is 372 g/mol. The van der Waals surface area contributed by atoms with Gasteiger partial charge in [0.2, 0.25) is 5.91 Å². The molecular weight excluding hydrogens is 352 g/mol. The second-order valence-electron chi connectivity index (χ2n) is 6.31. The van der Waals surface area contributed by atoms with Crippen LogP contribution in [0.2, 0.25) is 0 Å². The molecule has 3 aromatic carbocycles. The van der Waals surface area contributed by atoms with Crippen molar-refractivity contribution >= 4 is 17.7 Å². The van der Waals surface area contributed by atoms with E-state index >= 15 is 0 Å². The van der Waals surface area contributed by atoms with Gasteiger partial charge in [0.15, 0.2) is 0 Å². The zero-order chi connectivity index (χ0) is 19.8. The average molecular weight is 372 g/mol. The Hall–Kier alpha value is -3.73. The number of carbonyl (C=O) groups excluding carboxylic acids is 1. The maximum Gasteiger partial charge on any atom is 0.274 e. The molecule has 28 heavy (non-hydrogen) atoms. The van der Waals surface area contributed by atoms with Crippen molar-refractivity contribution in [2.45, 2.75) is 13.1 Å². The van der Waals surface area contributed by atoms with Gasteiger partial charge in [-0.05, 0) is 17.2 Å². The highest BCUT2D eigenvalue weighted by molar-refractivity contribution is 5.91. The summed E-state index contributed by atoms with van der Waals surface area (Å²) in [4.78, 5) is 25.4. The largest absolute Gasteiger partial charge is 0.330 e. The summed E-state index contributed by atoms with van der Waals surface area (Å²) in [6, 6.07) is 25.6. The highest BCUT2D eigenvalue weighted by Crippen LogP contribution is 2.21. The Morgan fingerprint density at radius 3 is 2.14 bits per heavy atom. The summed E-state index contributed by atoms with van der Waals surface area (Å²) in [5.41, 5.74) is 2.40. The van der Waals surface area contributed by atoms with Gasteiger partial charge in [-0.25, -0.2) is 0 Å². The van der Waals surface area contributed by atoms with Crippen LogP contribution in [0.1, 0.15) is 16.7 Å². The van der Waals surface area contributed by atoms with Gasteiger partial charge in [0, 0.05) is 24.3 Å². The summed E-state index contributed by atoms with van der Waals surface area (Å²) < 4.78 is 0. The van der Waals surface area contributed by atoms with Crippen LogP contribution in [0.15, 0.2) is 91.0 Å². The van der Waals surface area contributed by atoms with Gasteiger partial charge in [-0.3, -0.25) is 14.9 Å². The van der Waals surface area contributed by atoms with E-state index in [1.54, 1.807) is 29.2 Å². The third kappa shape index (κ3) is 5.14. The van der Waals surface area contributed by atoms with Gasteiger partial charge >= 0.3 is 0 Å². The first kappa shape index (κ1) is 19.0. The molecule has 0 bridgehead atoms. The Morgan fingerprint density at radius 1 is 0.857 bits per heavy atom. The molecule has 0 aliphatic carbocycles. The van der Waals surface area contributed by atoms with Gasteiger partial charge in [0.25, 0.3) is 5.69 Å². The molecule has 5 heteroatoms. The van der Waals surface area contributed by atoms with E-state index in [0.717, 1.165) is 11.1 Å². The Balaban J connectivity index is 1.86. The van der Waals surface area contributed by atoms with E-state index in [1.807, 2.05) is 60.7 Å². The van der Waals surface area contributed by atoms with Crippen molar-refractivity contribution in [1.29, 1.82) is 0 Å². The van der Waals surface area contributed by atoms with Crippen LogP contribution in [-0.4, -0.2) is 15.7 Å². The van der Waals surface area contributed by atoms with Crippen molar-refractivity contribution in [1.82, 2.24) is 4.90 Å². The van der Waals surface area contributed by atoms with E-state index in [9.17, 15) is 14.9 Å². The van der Waals surface area contributed by atoms with Crippen LogP contribution in [0.5, 0.6) is 0 Å². The summed E-state index contributed by atoms with van der Waals surface area (Å²) in [7, 11) is 0. The molecule has 0 aromatic heterocycles. The summed E-state index contributed by atoms with van der Waals surface area (Å²) in [5.74, 6) is -0.203. The fourth-order valence-electron chi connectivity index (χ4n) is 2.88. The molecule has 0 saturated heterocycles. The first-order chi connectivity index (χ1) is 13.6. The highest BCUT2D eigenvalue weighted by atomic mass is 16.6. The quantitative estimate of drug-likeness (QED) is 0.339. The van der Waals surface area contributed by atoms with Crippen molar-refractivity contribution < 1.29 is 9.72 Å². The molecule has 3 aromatic rings. The molecule has 0 aliphatic heterocycles. The number of nitro benzene ring substituents is 1. The number of hydrogen-bond acceptors (Lipinski definition) is 3. The van der Waals surface area contributed by atoms with E-state index in [-0.39, 0.29) is 18.1 Å². The summed E-state index contributed by atoms with van der Waals surface area (Å²) in [6.45, 7) is 0.523. The van der Waals surface area contributed by atoms with E-state index in [1.165, 1.54) is 12.1 Å². The Bertz CT molecular complexity index is 969. The highest BCUT2D eigenvalue weighted by Gasteiger charge is 2.18. The van der Waals surface area contributed by atoms with Crippen molar-refractivity contribution in [2.24, 2.45) is 0 Å². The van der Waals surface area contributed by atoms with E-state index in [0.29, 0.717) is 12.1 Å². The maximum atomic E-state index is 12.9. The minimum atomic E-state index is -0.416. The Kier molecular flexibility index (Phi) is 6.31. The van der Waals surface area contributed by atoms with Gasteiger partial charge in [-0.15, -0.1) is 0 Å². The average Bonchev–Trinajstić information content (AvgIpc) is 2.73. The van der Waals surface area contributed by atoms with Crippen molar-refractivity contribution in [3.63, 3.8) is 0 Å². The lowest BCUT2D eigenvalue weighted by molar-refractivity contribution is -0.385. The fraction of sp³-hybridized carbons (Fsp3) is 0.0870. The van der Waals surface area contributed by atoms with Crippen molar-refractivity contribution in [3.05, 3.63) is 118 Å². The normalized spacial score (nSPS) is 10.7. The predicted octanol–water partition coefficient (Wildman–Crippen LogP) is 4.84. The molecule has 0 atom stereocenters. The zero-order valence-electron chi connectivity index (χ0n) is 15.3. The van der Waals surface area contributed by atoms with Gasteiger partial charge in [0.1, 0.15) is 0 Å². The molecule has 0 N–H and O–H groups in total. The standard InChI is InChI=1S/C23H20N2O3/c26-23(16-15-19-9-3-1-4-10-19)24(17-20-11-5-2-6-12-20)18-21-13-7-8-14-22(21)25(27)28/h1-16H,17-18H2/b16-15+. The SMILES string of the molecule is O=C(/C=C/c1ccccc1)N(Cc1ccccc1)Cc1ccccc1[N+](=O)[O-]. The Labute approximate surface area is 163 Å². The van der Waals surface area contributed by atoms with Crippen LogP contribution < -0.4 is 0 Å². The molecule has 1 amide bonds. The molecule has 5 nitrogen and oxygen atoms in total. The van der Waals surface area contributed by atoms with Crippen LogP contribution >= 0.6 is 0 Å². The fourth-order valence-corrected chi connectivity index (χ4v) is 2.88. The molecule has 0 spiro atoms. The molecule has 0 heterocycles. The summed E-state index contributed by atoms with van der Waals surface area (Å²) in [6.07, 6.45) is 3.26. The zero-order valence-corrected chi connectivity index (χ0v) is 15.3. The van der Waals surface area contributed by atoms with Gasteiger partial charge < -0.3 is 4.90 Å². The lowest BCUT2D eigenvalue weighted by atomic mass is 10.1. The first-order valence-corrected chi connectivity index (χ1v) is 8.92.